The third-order valence-corrected chi connectivity index (χ3v) is 1.29. The topological polar surface area (TPSA) is 74.6 Å². The van der Waals surface area contributed by atoms with Gasteiger partial charge in [-0.2, -0.15) is 0 Å². The first-order valence-corrected chi connectivity index (χ1v) is 4.30. The van der Waals surface area contributed by atoms with E-state index in [4.69, 9.17) is 21.8 Å². The number of carbonyl (C=O) groups is 2. The third-order valence-electron chi connectivity index (χ3n) is 1.07. The smallest absolute Gasteiger partial charge is 0.330 e. The molecule has 0 aliphatic heterocycles. The average molecular weight is 221 g/mol. The molecule has 0 aromatic carbocycles. The minimum Gasteiger partial charge on any atom is -0.478 e. The Balaban J connectivity index is 0. The van der Waals surface area contributed by atoms with Gasteiger partial charge in [-0.1, -0.05) is 12.7 Å². The molecular weight excluding hydrogens is 208 g/mol. The summed E-state index contributed by atoms with van der Waals surface area (Å²) >= 11 is 5.31. The average Bonchev–Trinajstić information content (AvgIpc) is 2.14. The monoisotopic (exact) mass is 220 g/mol. The Labute approximate surface area is 87.5 Å². The van der Waals surface area contributed by atoms with Crippen LogP contribution >= 0.6 is 11.6 Å². The fraction of sp³-hybridized carbons (Fsp3) is 0.333. The first-order valence-electron chi connectivity index (χ1n) is 3.77. The van der Waals surface area contributed by atoms with Crippen LogP contribution in [0, 0.1) is 0 Å². The minimum atomic E-state index is -0.981. The number of carboxylic acid groups (broad SMARTS) is 2. The van der Waals surface area contributed by atoms with Crippen LogP contribution in [-0.2, 0) is 9.59 Å². The normalized spacial score (nSPS) is 9.71. The molecule has 0 aromatic rings. The molecule has 14 heavy (non-hydrogen) atoms. The summed E-state index contributed by atoms with van der Waals surface area (Å²) in [4.78, 5) is 19.3. The van der Waals surface area contributed by atoms with Crippen LogP contribution in [-0.4, -0.2) is 28.0 Å². The highest BCUT2D eigenvalue weighted by Gasteiger charge is 1.96. The molecular formula is C9H13ClO4. The van der Waals surface area contributed by atoms with Gasteiger partial charge in [0.15, 0.2) is 0 Å². The largest absolute Gasteiger partial charge is 0.478 e. The highest BCUT2D eigenvalue weighted by Crippen LogP contribution is 1.95. The van der Waals surface area contributed by atoms with Crippen LogP contribution in [0.2, 0.25) is 0 Å². The molecule has 0 rings (SSSR count). The van der Waals surface area contributed by atoms with E-state index < -0.39 is 11.9 Å². The molecule has 0 heterocycles. The van der Waals surface area contributed by atoms with E-state index in [1.165, 1.54) is 0 Å². The molecule has 0 saturated carbocycles. The van der Waals surface area contributed by atoms with Gasteiger partial charge in [-0.05, 0) is 13.3 Å². The van der Waals surface area contributed by atoms with E-state index in [1.807, 2.05) is 0 Å². The van der Waals surface area contributed by atoms with Crippen molar-refractivity contribution in [1.29, 1.82) is 0 Å². The third kappa shape index (κ3) is 13.3. The molecule has 0 spiro atoms. The SMILES string of the molecule is C=CC(=O)O.CC(=CCCCl)C(=O)O. The highest BCUT2D eigenvalue weighted by molar-refractivity contribution is 6.17. The summed E-state index contributed by atoms with van der Waals surface area (Å²) in [6, 6.07) is 0. The van der Waals surface area contributed by atoms with Crippen molar-refractivity contribution >= 4 is 23.5 Å². The number of rotatable bonds is 4. The number of carboxylic acids is 2. The van der Waals surface area contributed by atoms with Crippen molar-refractivity contribution < 1.29 is 19.8 Å². The maximum Gasteiger partial charge on any atom is 0.330 e. The Hall–Kier alpha value is -1.29. The van der Waals surface area contributed by atoms with Gasteiger partial charge in [0.05, 0.1) is 0 Å². The van der Waals surface area contributed by atoms with Crippen molar-refractivity contribution in [2.75, 3.05) is 5.88 Å². The summed E-state index contributed by atoms with van der Waals surface area (Å²) in [7, 11) is 0. The summed E-state index contributed by atoms with van der Waals surface area (Å²) in [6.07, 6.45) is 3.06. The zero-order chi connectivity index (χ0) is 11.6. The quantitative estimate of drug-likeness (QED) is 0.561. The standard InChI is InChI=1S/C6H9ClO2.C3H4O2/c1-5(6(8)9)3-2-4-7;1-2-3(4)5/h3H,2,4H2,1H3,(H,8,9);2H,1H2,(H,4,5). The number of hydrogen-bond donors (Lipinski definition) is 2. The number of halogens is 1. The summed E-state index contributed by atoms with van der Waals surface area (Å²) in [5, 5.41) is 15.9. The van der Waals surface area contributed by atoms with Crippen LogP contribution in [0.4, 0.5) is 0 Å². The zero-order valence-corrected chi connectivity index (χ0v) is 8.62. The second-order valence-electron chi connectivity index (χ2n) is 2.21. The van der Waals surface area contributed by atoms with Crippen molar-refractivity contribution in [3.05, 3.63) is 24.3 Å². The summed E-state index contributed by atoms with van der Waals surface area (Å²) in [6.45, 7) is 4.51. The maximum absolute atomic E-state index is 10.1. The van der Waals surface area contributed by atoms with Gasteiger partial charge in [0, 0.05) is 17.5 Å². The van der Waals surface area contributed by atoms with Crippen LogP contribution in [0.25, 0.3) is 0 Å². The Morgan fingerprint density at radius 2 is 1.86 bits per heavy atom. The van der Waals surface area contributed by atoms with Crippen LogP contribution in [0.15, 0.2) is 24.3 Å². The molecule has 0 atom stereocenters. The van der Waals surface area contributed by atoms with Gasteiger partial charge >= 0.3 is 11.9 Å². The lowest BCUT2D eigenvalue weighted by Gasteiger charge is -1.88. The number of alkyl halides is 1. The molecule has 4 nitrogen and oxygen atoms in total. The number of aliphatic carboxylic acids is 2. The lowest BCUT2D eigenvalue weighted by atomic mass is 10.2. The molecule has 0 fully saturated rings. The predicted octanol–water partition coefficient (Wildman–Crippen LogP) is 1.90. The van der Waals surface area contributed by atoms with Crippen LogP contribution in [0.1, 0.15) is 13.3 Å². The second kappa shape index (κ2) is 9.80. The Bertz CT molecular complexity index is 233. The van der Waals surface area contributed by atoms with Crippen molar-refractivity contribution in [3.8, 4) is 0 Å². The molecule has 0 bridgehead atoms. The van der Waals surface area contributed by atoms with Gasteiger partial charge in [0.25, 0.3) is 0 Å². The van der Waals surface area contributed by atoms with Crippen molar-refractivity contribution in [2.24, 2.45) is 0 Å². The van der Waals surface area contributed by atoms with E-state index in [9.17, 15) is 9.59 Å². The first-order chi connectivity index (χ1) is 6.45. The van der Waals surface area contributed by atoms with E-state index in [1.54, 1.807) is 13.0 Å². The van der Waals surface area contributed by atoms with Gasteiger partial charge in [0.1, 0.15) is 0 Å². The summed E-state index contributed by atoms with van der Waals surface area (Å²) in [5.41, 5.74) is 0.357. The molecule has 0 aliphatic carbocycles. The number of hydrogen-bond acceptors (Lipinski definition) is 2. The Kier molecular flexibility index (Phi) is 10.6. The van der Waals surface area contributed by atoms with E-state index in [0.717, 1.165) is 6.08 Å². The predicted molar refractivity (Wildman–Crippen MR) is 54.6 cm³/mol. The summed E-state index contributed by atoms with van der Waals surface area (Å²) in [5.74, 6) is -1.38. The van der Waals surface area contributed by atoms with E-state index in [0.29, 0.717) is 17.9 Å². The van der Waals surface area contributed by atoms with Gasteiger partial charge in [-0.25, -0.2) is 9.59 Å². The van der Waals surface area contributed by atoms with Gasteiger partial charge in [-0.15, -0.1) is 11.6 Å². The zero-order valence-electron chi connectivity index (χ0n) is 7.86. The van der Waals surface area contributed by atoms with Gasteiger partial charge in [0.2, 0.25) is 0 Å². The Morgan fingerprint density at radius 3 is 2.07 bits per heavy atom. The molecule has 80 valence electrons. The highest BCUT2D eigenvalue weighted by atomic mass is 35.5. The van der Waals surface area contributed by atoms with Gasteiger partial charge in [-0.3, -0.25) is 0 Å². The molecule has 0 aromatic heterocycles. The fourth-order valence-electron chi connectivity index (χ4n) is 0.358. The fourth-order valence-corrected chi connectivity index (χ4v) is 0.467. The molecule has 5 heteroatoms. The van der Waals surface area contributed by atoms with Crippen LogP contribution in [0.3, 0.4) is 0 Å². The van der Waals surface area contributed by atoms with Crippen LogP contribution in [0.5, 0.6) is 0 Å². The van der Waals surface area contributed by atoms with E-state index in [2.05, 4.69) is 6.58 Å². The van der Waals surface area contributed by atoms with Crippen molar-refractivity contribution in [1.82, 2.24) is 0 Å². The second-order valence-corrected chi connectivity index (χ2v) is 2.59. The van der Waals surface area contributed by atoms with Gasteiger partial charge < -0.3 is 10.2 Å². The first kappa shape index (κ1) is 15.2. The Morgan fingerprint density at radius 1 is 1.43 bits per heavy atom. The molecule has 0 aliphatic rings. The minimum absolute atomic E-state index is 0.357. The van der Waals surface area contributed by atoms with E-state index >= 15 is 0 Å². The lowest BCUT2D eigenvalue weighted by Crippen LogP contribution is -1.95. The lowest BCUT2D eigenvalue weighted by molar-refractivity contribution is -0.133. The molecule has 2 N–H and O–H groups in total. The number of allylic oxidation sites excluding steroid dienone is 1. The molecule has 0 saturated heterocycles. The molecule has 0 radical (unpaired) electrons. The van der Waals surface area contributed by atoms with E-state index in [-0.39, 0.29) is 0 Å². The maximum atomic E-state index is 10.1. The summed E-state index contributed by atoms with van der Waals surface area (Å²) < 4.78 is 0. The molecule has 0 unspecified atom stereocenters. The van der Waals surface area contributed by atoms with Crippen LogP contribution < -0.4 is 0 Å². The van der Waals surface area contributed by atoms with Crippen molar-refractivity contribution in [3.63, 3.8) is 0 Å². The molecule has 0 amide bonds. The van der Waals surface area contributed by atoms with Crippen molar-refractivity contribution in [2.45, 2.75) is 13.3 Å².